The molecule has 0 atom stereocenters. The van der Waals surface area contributed by atoms with Crippen LogP contribution < -0.4 is 0 Å². The molecule has 1 aromatic carbocycles. The standard InChI is InChI=1S/C24H26ClN5O/c1-6-13-28-19-9-7-8-10-20(19)30-24(28)22(17(5)27-30)21(31)12-11-18-16(4)26-29(23(18)25)14-15(2)3/h6-12,15H,1,13-14H2,2-5H3/b12-11+. The lowest BCUT2D eigenvalue weighted by Crippen LogP contribution is -2.06. The van der Waals surface area contributed by atoms with Crippen molar-refractivity contribution in [3.63, 3.8) is 0 Å². The molecular formula is C24H26ClN5O. The van der Waals surface area contributed by atoms with Gasteiger partial charge < -0.3 is 4.57 Å². The Balaban J connectivity index is 1.79. The van der Waals surface area contributed by atoms with Crippen molar-refractivity contribution >= 4 is 40.1 Å². The van der Waals surface area contributed by atoms with E-state index in [4.69, 9.17) is 11.6 Å². The Morgan fingerprint density at radius 1 is 1.16 bits per heavy atom. The molecule has 0 amide bonds. The Morgan fingerprint density at radius 2 is 1.87 bits per heavy atom. The molecule has 0 aliphatic carbocycles. The van der Waals surface area contributed by atoms with Gasteiger partial charge in [-0.2, -0.15) is 10.2 Å². The van der Waals surface area contributed by atoms with Crippen LogP contribution in [0.15, 0.2) is 43.0 Å². The molecule has 7 heteroatoms. The summed E-state index contributed by atoms with van der Waals surface area (Å²) in [5.41, 5.74) is 5.57. The molecule has 0 aliphatic rings. The van der Waals surface area contributed by atoms with Crippen LogP contribution in [0, 0.1) is 19.8 Å². The van der Waals surface area contributed by atoms with Crippen LogP contribution in [-0.4, -0.2) is 29.7 Å². The molecule has 0 spiro atoms. The van der Waals surface area contributed by atoms with E-state index in [1.54, 1.807) is 16.8 Å². The van der Waals surface area contributed by atoms with Crippen LogP contribution >= 0.6 is 11.6 Å². The van der Waals surface area contributed by atoms with Crippen LogP contribution in [0.25, 0.3) is 22.8 Å². The highest BCUT2D eigenvalue weighted by atomic mass is 35.5. The van der Waals surface area contributed by atoms with E-state index < -0.39 is 0 Å². The SMILES string of the molecule is C=CCn1c2ccccc2n2nc(C)c(C(=O)/C=C/c3c(C)nn(CC(C)C)c3Cl)c12. The first-order chi connectivity index (χ1) is 14.8. The highest BCUT2D eigenvalue weighted by Gasteiger charge is 2.22. The summed E-state index contributed by atoms with van der Waals surface area (Å²) in [6.45, 7) is 13.2. The summed E-state index contributed by atoms with van der Waals surface area (Å²) in [4.78, 5) is 13.3. The molecule has 0 radical (unpaired) electrons. The van der Waals surface area contributed by atoms with E-state index in [0.717, 1.165) is 34.5 Å². The first kappa shape index (κ1) is 21.1. The Bertz CT molecular complexity index is 1340. The third kappa shape index (κ3) is 3.61. The number of benzene rings is 1. The Labute approximate surface area is 186 Å². The van der Waals surface area contributed by atoms with Crippen molar-refractivity contribution in [2.24, 2.45) is 5.92 Å². The monoisotopic (exact) mass is 435 g/mol. The average molecular weight is 436 g/mol. The number of allylic oxidation sites excluding steroid dienone is 2. The lowest BCUT2D eigenvalue weighted by atomic mass is 10.1. The van der Waals surface area contributed by atoms with Gasteiger partial charge in [-0.25, -0.2) is 4.52 Å². The van der Waals surface area contributed by atoms with E-state index >= 15 is 0 Å². The smallest absolute Gasteiger partial charge is 0.191 e. The van der Waals surface area contributed by atoms with E-state index in [1.165, 1.54) is 0 Å². The van der Waals surface area contributed by atoms with Crippen LogP contribution in [0.5, 0.6) is 0 Å². The number of nitrogens with zero attached hydrogens (tertiary/aromatic N) is 5. The van der Waals surface area contributed by atoms with Crippen LogP contribution in [0.2, 0.25) is 5.15 Å². The molecule has 3 aromatic heterocycles. The molecule has 0 fully saturated rings. The van der Waals surface area contributed by atoms with Gasteiger partial charge in [0.1, 0.15) is 10.8 Å². The van der Waals surface area contributed by atoms with Crippen LogP contribution in [0.4, 0.5) is 0 Å². The van der Waals surface area contributed by atoms with Crippen molar-refractivity contribution in [2.45, 2.75) is 40.8 Å². The second-order valence-corrected chi connectivity index (χ2v) is 8.51. The Morgan fingerprint density at radius 3 is 2.55 bits per heavy atom. The maximum Gasteiger partial charge on any atom is 0.191 e. The molecule has 0 bridgehead atoms. The third-order valence-corrected chi connectivity index (χ3v) is 5.70. The molecule has 160 valence electrons. The van der Waals surface area contributed by atoms with E-state index in [2.05, 4.69) is 35.2 Å². The van der Waals surface area contributed by atoms with Gasteiger partial charge in [-0.1, -0.05) is 43.7 Å². The summed E-state index contributed by atoms with van der Waals surface area (Å²) >= 11 is 6.53. The Hall–Kier alpha value is -3.12. The highest BCUT2D eigenvalue weighted by molar-refractivity contribution is 6.31. The van der Waals surface area contributed by atoms with Gasteiger partial charge >= 0.3 is 0 Å². The number of aromatic nitrogens is 5. The summed E-state index contributed by atoms with van der Waals surface area (Å²) in [6, 6.07) is 7.98. The van der Waals surface area contributed by atoms with Crippen LogP contribution in [0.1, 0.15) is 41.2 Å². The molecule has 0 saturated heterocycles. The molecule has 0 unspecified atom stereocenters. The molecule has 0 N–H and O–H groups in total. The van der Waals surface area contributed by atoms with Crippen molar-refractivity contribution < 1.29 is 4.79 Å². The summed E-state index contributed by atoms with van der Waals surface area (Å²) in [6.07, 6.45) is 5.15. The van der Waals surface area contributed by atoms with Gasteiger partial charge in [0.15, 0.2) is 5.78 Å². The number of para-hydroxylation sites is 2. The van der Waals surface area contributed by atoms with Gasteiger partial charge in [0.2, 0.25) is 0 Å². The molecule has 4 aromatic rings. The molecule has 0 saturated carbocycles. The van der Waals surface area contributed by atoms with Crippen LogP contribution in [-0.2, 0) is 13.1 Å². The number of carbonyl (C=O) groups is 1. The number of carbonyl (C=O) groups excluding carboxylic acids is 1. The van der Waals surface area contributed by atoms with Crippen molar-refractivity contribution in [1.29, 1.82) is 0 Å². The molecular weight excluding hydrogens is 410 g/mol. The minimum Gasteiger partial charge on any atom is -0.320 e. The fraction of sp³-hybridized carbons (Fsp3) is 0.292. The Kier molecular flexibility index (Phi) is 5.58. The number of hydrogen-bond donors (Lipinski definition) is 0. The predicted octanol–water partition coefficient (Wildman–Crippen LogP) is 5.49. The fourth-order valence-corrected chi connectivity index (χ4v) is 4.29. The van der Waals surface area contributed by atoms with Gasteiger partial charge in [0.25, 0.3) is 0 Å². The topological polar surface area (TPSA) is 57.1 Å². The van der Waals surface area contributed by atoms with Gasteiger partial charge in [-0.05, 0) is 44.1 Å². The van der Waals surface area contributed by atoms with Gasteiger partial charge in [-0.3, -0.25) is 9.48 Å². The first-order valence-corrected chi connectivity index (χ1v) is 10.7. The minimum atomic E-state index is -0.118. The summed E-state index contributed by atoms with van der Waals surface area (Å²) in [5.74, 6) is 0.304. The largest absolute Gasteiger partial charge is 0.320 e. The zero-order valence-electron chi connectivity index (χ0n) is 18.3. The number of hydrogen-bond acceptors (Lipinski definition) is 3. The molecule has 0 aliphatic heterocycles. The highest BCUT2D eigenvalue weighted by Crippen LogP contribution is 2.27. The maximum atomic E-state index is 13.3. The van der Waals surface area contributed by atoms with Crippen molar-refractivity contribution in [2.75, 3.05) is 0 Å². The number of rotatable bonds is 7. The normalized spacial score (nSPS) is 12.1. The third-order valence-electron chi connectivity index (χ3n) is 5.30. The lowest BCUT2D eigenvalue weighted by Gasteiger charge is -2.05. The average Bonchev–Trinajstić information content (AvgIpc) is 3.30. The second-order valence-electron chi connectivity index (χ2n) is 8.15. The van der Waals surface area contributed by atoms with Gasteiger partial charge in [0, 0.05) is 18.7 Å². The van der Waals surface area contributed by atoms with E-state index in [9.17, 15) is 4.79 Å². The van der Waals surface area contributed by atoms with E-state index in [-0.39, 0.29) is 5.78 Å². The molecule has 31 heavy (non-hydrogen) atoms. The van der Waals surface area contributed by atoms with E-state index in [1.807, 2.05) is 48.7 Å². The fourth-order valence-electron chi connectivity index (χ4n) is 3.99. The number of aryl methyl sites for hydroxylation is 2. The summed E-state index contributed by atoms with van der Waals surface area (Å²) in [7, 11) is 0. The van der Waals surface area contributed by atoms with Crippen LogP contribution in [0.3, 0.4) is 0 Å². The second kappa shape index (κ2) is 8.19. The zero-order valence-corrected chi connectivity index (χ0v) is 19.0. The molecule has 4 rings (SSSR count). The number of fused-ring (bicyclic) bond motifs is 3. The first-order valence-electron chi connectivity index (χ1n) is 10.4. The quantitative estimate of drug-likeness (QED) is 0.219. The number of halogens is 1. The zero-order chi connectivity index (χ0) is 22.3. The van der Waals surface area contributed by atoms with Gasteiger partial charge in [-0.15, -0.1) is 6.58 Å². The lowest BCUT2D eigenvalue weighted by molar-refractivity contribution is 0.104. The summed E-state index contributed by atoms with van der Waals surface area (Å²) in [5, 5.41) is 9.72. The van der Waals surface area contributed by atoms with Crippen molar-refractivity contribution in [3.05, 3.63) is 70.7 Å². The minimum absolute atomic E-state index is 0.118. The summed E-state index contributed by atoms with van der Waals surface area (Å²) < 4.78 is 5.70. The van der Waals surface area contributed by atoms with Gasteiger partial charge in [0.05, 0.1) is 28.0 Å². The van der Waals surface area contributed by atoms with Crippen molar-refractivity contribution in [3.8, 4) is 0 Å². The maximum absolute atomic E-state index is 13.3. The van der Waals surface area contributed by atoms with E-state index in [0.29, 0.717) is 28.9 Å². The van der Waals surface area contributed by atoms with Crippen molar-refractivity contribution in [1.82, 2.24) is 24.0 Å². The molecule has 6 nitrogen and oxygen atoms in total. The molecule has 3 heterocycles. The predicted molar refractivity (Wildman–Crippen MR) is 126 cm³/mol. The number of imidazole rings is 1. The number of ketones is 1.